The minimum atomic E-state index is 1.08. The van der Waals surface area contributed by atoms with E-state index in [4.69, 9.17) is 0 Å². The Morgan fingerprint density at radius 3 is 1.81 bits per heavy atom. The number of hydrogen-bond acceptors (Lipinski definition) is 0. The highest BCUT2D eigenvalue weighted by molar-refractivity contribution is 6.24. The monoisotopic (exact) mass is 547 g/mol. The van der Waals surface area contributed by atoms with Crippen molar-refractivity contribution in [2.45, 2.75) is 12.8 Å². The van der Waals surface area contributed by atoms with Crippen molar-refractivity contribution in [3.05, 3.63) is 162 Å². The number of aryl methyl sites for hydroxylation is 1. The summed E-state index contributed by atoms with van der Waals surface area (Å²) in [6.45, 7) is 0. The second-order valence-corrected chi connectivity index (χ2v) is 11.6. The Balaban J connectivity index is 1.33. The van der Waals surface area contributed by atoms with E-state index in [-0.39, 0.29) is 0 Å². The van der Waals surface area contributed by atoms with E-state index in [2.05, 4.69) is 151 Å². The first-order valence-corrected chi connectivity index (χ1v) is 15.2. The molecule has 1 aliphatic rings. The Bertz CT molecular complexity index is 2340. The van der Waals surface area contributed by atoms with E-state index in [1.807, 2.05) is 0 Å². The number of nitrogens with one attached hydrogen (secondary N) is 1. The molecule has 202 valence electrons. The molecule has 1 aromatic heterocycles. The molecule has 0 saturated heterocycles. The molecule has 0 atom stereocenters. The fourth-order valence-corrected chi connectivity index (χ4v) is 7.41. The molecule has 1 N–H and O–H groups in total. The predicted molar refractivity (Wildman–Crippen MR) is 184 cm³/mol. The summed E-state index contributed by atoms with van der Waals surface area (Å²) in [5, 5.41) is 7.63. The smallest absolute Gasteiger partial charge is 0.0544 e. The van der Waals surface area contributed by atoms with Crippen LogP contribution >= 0.6 is 0 Å². The number of rotatable bonds is 3. The van der Waals surface area contributed by atoms with Gasteiger partial charge < -0.3 is 4.98 Å². The largest absolute Gasteiger partial charge is 0.354 e. The van der Waals surface area contributed by atoms with Gasteiger partial charge in [-0.05, 0) is 85.5 Å². The summed E-state index contributed by atoms with van der Waals surface area (Å²) >= 11 is 0. The maximum Gasteiger partial charge on any atom is 0.0544 e. The Morgan fingerprint density at radius 1 is 0.442 bits per heavy atom. The average Bonchev–Trinajstić information content (AvgIpc) is 3.46. The zero-order valence-corrected chi connectivity index (χ0v) is 23.8. The van der Waals surface area contributed by atoms with Gasteiger partial charge in [-0.25, -0.2) is 0 Å². The molecule has 0 fully saturated rings. The second kappa shape index (κ2) is 9.58. The molecular weight excluding hydrogens is 518 g/mol. The molecule has 0 saturated carbocycles. The van der Waals surface area contributed by atoms with Gasteiger partial charge >= 0.3 is 0 Å². The number of benzene rings is 7. The number of aromatic amines is 1. The lowest BCUT2D eigenvalue weighted by molar-refractivity contribution is 0.978. The standard InChI is InChI=1S/C42H29N/c1-2-16-30-27(12-1)13-10-22-31(30)28-14-9-15-29(26-28)40-33-18-3-5-20-35(33)41(36-21-6-4-19-34(36)40)38-24-11-23-37-32-17-7-8-25-39(32)43-42(37)38/h1-9,11-12,14-26,43H,10,13H2. The normalized spacial score (nSPS) is 13.1. The summed E-state index contributed by atoms with van der Waals surface area (Å²) < 4.78 is 0. The van der Waals surface area contributed by atoms with E-state index in [1.54, 1.807) is 0 Å². The van der Waals surface area contributed by atoms with Crippen LogP contribution in [0.5, 0.6) is 0 Å². The van der Waals surface area contributed by atoms with Crippen LogP contribution in [0.25, 0.3) is 71.2 Å². The van der Waals surface area contributed by atoms with Crippen molar-refractivity contribution in [3.63, 3.8) is 0 Å². The molecule has 0 spiro atoms. The summed E-state index contributed by atoms with van der Waals surface area (Å²) in [5.41, 5.74) is 12.9. The summed E-state index contributed by atoms with van der Waals surface area (Å²) in [5.74, 6) is 0. The van der Waals surface area contributed by atoms with Gasteiger partial charge in [0.1, 0.15) is 0 Å². The Labute approximate surface area is 250 Å². The van der Waals surface area contributed by atoms with Crippen LogP contribution in [0.3, 0.4) is 0 Å². The molecule has 9 rings (SSSR count). The number of H-pyrrole nitrogens is 1. The van der Waals surface area contributed by atoms with Gasteiger partial charge in [0.2, 0.25) is 0 Å². The number of fused-ring (bicyclic) bond motifs is 6. The van der Waals surface area contributed by atoms with Crippen molar-refractivity contribution in [1.82, 2.24) is 4.98 Å². The summed E-state index contributed by atoms with van der Waals surface area (Å²) in [6.07, 6.45) is 4.61. The molecule has 0 unspecified atom stereocenters. The Morgan fingerprint density at radius 2 is 1.02 bits per heavy atom. The Hall–Kier alpha value is -5.40. The van der Waals surface area contributed by atoms with Gasteiger partial charge in [-0.3, -0.25) is 0 Å². The zero-order chi connectivity index (χ0) is 28.3. The number of aromatic nitrogens is 1. The molecule has 7 aromatic carbocycles. The van der Waals surface area contributed by atoms with Crippen molar-refractivity contribution in [2.75, 3.05) is 0 Å². The van der Waals surface area contributed by atoms with E-state index in [9.17, 15) is 0 Å². The fourth-order valence-electron chi connectivity index (χ4n) is 7.41. The molecule has 0 aliphatic heterocycles. The summed E-state index contributed by atoms with van der Waals surface area (Å²) in [6, 6.07) is 51.3. The summed E-state index contributed by atoms with van der Waals surface area (Å²) in [7, 11) is 0. The van der Waals surface area contributed by atoms with Crippen molar-refractivity contribution in [1.29, 1.82) is 0 Å². The van der Waals surface area contributed by atoms with Gasteiger partial charge in [-0.1, -0.05) is 133 Å². The lowest BCUT2D eigenvalue weighted by Gasteiger charge is -2.20. The van der Waals surface area contributed by atoms with Crippen LogP contribution in [0, 0.1) is 0 Å². The van der Waals surface area contributed by atoms with Gasteiger partial charge in [0.05, 0.1) is 5.52 Å². The molecule has 0 bridgehead atoms. The third-order valence-corrected chi connectivity index (χ3v) is 9.27. The third kappa shape index (κ3) is 3.72. The highest BCUT2D eigenvalue weighted by Gasteiger charge is 2.20. The number of hydrogen-bond donors (Lipinski definition) is 1. The molecule has 43 heavy (non-hydrogen) atoms. The minimum absolute atomic E-state index is 1.08. The summed E-state index contributed by atoms with van der Waals surface area (Å²) in [4.78, 5) is 3.77. The minimum Gasteiger partial charge on any atom is -0.354 e. The van der Waals surface area contributed by atoms with Crippen LogP contribution in [-0.2, 0) is 6.42 Å². The van der Waals surface area contributed by atoms with Crippen LogP contribution in [0.4, 0.5) is 0 Å². The average molecular weight is 548 g/mol. The molecule has 1 heteroatoms. The van der Waals surface area contributed by atoms with Crippen LogP contribution in [-0.4, -0.2) is 4.98 Å². The van der Waals surface area contributed by atoms with E-state index in [1.165, 1.54) is 87.9 Å². The van der Waals surface area contributed by atoms with Crippen LogP contribution in [0.15, 0.2) is 146 Å². The molecule has 0 amide bonds. The third-order valence-electron chi connectivity index (χ3n) is 9.27. The second-order valence-electron chi connectivity index (χ2n) is 11.6. The zero-order valence-electron chi connectivity index (χ0n) is 23.8. The number of para-hydroxylation sites is 2. The highest BCUT2D eigenvalue weighted by Crippen LogP contribution is 2.46. The maximum atomic E-state index is 3.77. The highest BCUT2D eigenvalue weighted by atomic mass is 14.7. The molecule has 1 nitrogen and oxygen atoms in total. The van der Waals surface area contributed by atoms with Crippen LogP contribution in [0.1, 0.15) is 23.1 Å². The van der Waals surface area contributed by atoms with E-state index in [0.717, 1.165) is 12.8 Å². The van der Waals surface area contributed by atoms with Gasteiger partial charge in [0.25, 0.3) is 0 Å². The van der Waals surface area contributed by atoms with Crippen LogP contribution < -0.4 is 0 Å². The lowest BCUT2D eigenvalue weighted by Crippen LogP contribution is -2.00. The van der Waals surface area contributed by atoms with Crippen LogP contribution in [0.2, 0.25) is 0 Å². The first-order valence-electron chi connectivity index (χ1n) is 15.2. The van der Waals surface area contributed by atoms with Crippen molar-refractivity contribution < 1.29 is 0 Å². The van der Waals surface area contributed by atoms with Gasteiger partial charge in [0.15, 0.2) is 0 Å². The Kier molecular flexibility index (Phi) is 5.39. The molecule has 1 heterocycles. The first kappa shape index (κ1) is 24.2. The van der Waals surface area contributed by atoms with Crippen molar-refractivity contribution in [3.8, 4) is 22.3 Å². The van der Waals surface area contributed by atoms with E-state index >= 15 is 0 Å². The van der Waals surface area contributed by atoms with E-state index < -0.39 is 0 Å². The van der Waals surface area contributed by atoms with Crippen molar-refractivity contribution in [2.24, 2.45) is 0 Å². The van der Waals surface area contributed by atoms with Gasteiger partial charge in [0, 0.05) is 21.9 Å². The quantitative estimate of drug-likeness (QED) is 0.212. The van der Waals surface area contributed by atoms with Crippen molar-refractivity contribution >= 4 is 48.9 Å². The molecule has 0 radical (unpaired) electrons. The lowest BCUT2D eigenvalue weighted by atomic mass is 9.83. The first-order chi connectivity index (χ1) is 21.3. The topological polar surface area (TPSA) is 15.8 Å². The molecule has 8 aromatic rings. The maximum absolute atomic E-state index is 3.77. The SMILES string of the molecule is C1=C(c2cccc(-c3c4ccccc4c(-c4cccc5c4[nH]c4ccccc45)c4ccccc34)c2)c2ccccc2CC1. The van der Waals surface area contributed by atoms with E-state index in [0.29, 0.717) is 0 Å². The van der Waals surface area contributed by atoms with Gasteiger partial charge in [-0.15, -0.1) is 0 Å². The van der Waals surface area contributed by atoms with Gasteiger partial charge in [-0.2, -0.15) is 0 Å². The molecule has 1 aliphatic carbocycles. The number of allylic oxidation sites excluding steroid dienone is 1. The predicted octanol–water partition coefficient (Wildman–Crippen LogP) is 11.3. The fraction of sp³-hybridized carbons (Fsp3) is 0.0476. The molecular formula is C42H29N.